The minimum atomic E-state index is 0.289. The van der Waals surface area contributed by atoms with Gasteiger partial charge in [-0.3, -0.25) is 9.58 Å². The Balaban J connectivity index is 1.68. The zero-order chi connectivity index (χ0) is 13.9. The summed E-state index contributed by atoms with van der Waals surface area (Å²) < 4.78 is 7.47. The standard InChI is InChI=1S/C14H21N5O/c1-18-11(3-5-17-18)4-8-19-10-12(20-2)9-13(19)14-15-6-7-16-14/h3,5-7,12-13H,4,8-10H2,1-2H3,(H,15,16)/t12-,13?/m1/s1. The van der Waals surface area contributed by atoms with Crippen molar-refractivity contribution < 1.29 is 4.74 Å². The first-order chi connectivity index (χ1) is 9.78. The largest absolute Gasteiger partial charge is 0.380 e. The topological polar surface area (TPSA) is 59.0 Å². The van der Waals surface area contributed by atoms with Crippen molar-refractivity contribution in [2.45, 2.75) is 25.0 Å². The Bertz CT molecular complexity index is 536. The molecule has 108 valence electrons. The highest BCUT2D eigenvalue weighted by Gasteiger charge is 2.34. The van der Waals surface area contributed by atoms with Crippen molar-refractivity contribution in [3.8, 4) is 0 Å². The maximum Gasteiger partial charge on any atom is 0.123 e. The molecule has 0 aliphatic carbocycles. The van der Waals surface area contributed by atoms with Crippen molar-refractivity contribution in [3.63, 3.8) is 0 Å². The summed E-state index contributed by atoms with van der Waals surface area (Å²) in [7, 11) is 3.77. The number of rotatable bonds is 5. The van der Waals surface area contributed by atoms with Crippen LogP contribution in [0.3, 0.4) is 0 Å². The average molecular weight is 275 g/mol. The summed E-state index contributed by atoms with van der Waals surface area (Å²) in [5.41, 5.74) is 1.25. The van der Waals surface area contributed by atoms with Crippen molar-refractivity contribution in [1.29, 1.82) is 0 Å². The number of nitrogens with zero attached hydrogens (tertiary/aromatic N) is 4. The molecule has 1 N–H and O–H groups in total. The number of imidazole rings is 1. The quantitative estimate of drug-likeness (QED) is 0.889. The van der Waals surface area contributed by atoms with E-state index in [1.54, 1.807) is 7.11 Å². The van der Waals surface area contributed by atoms with Gasteiger partial charge in [0.1, 0.15) is 5.82 Å². The molecule has 1 aliphatic heterocycles. The lowest BCUT2D eigenvalue weighted by atomic mass is 10.2. The van der Waals surface area contributed by atoms with Crippen molar-refractivity contribution in [3.05, 3.63) is 36.2 Å². The fourth-order valence-corrected chi connectivity index (χ4v) is 2.93. The van der Waals surface area contributed by atoms with Crippen LogP contribution in [0.1, 0.15) is 24.0 Å². The van der Waals surface area contributed by atoms with Crippen LogP contribution in [0.15, 0.2) is 24.7 Å². The molecule has 0 amide bonds. The van der Waals surface area contributed by atoms with Gasteiger partial charge in [0.05, 0.1) is 12.1 Å². The maximum absolute atomic E-state index is 5.53. The predicted molar refractivity (Wildman–Crippen MR) is 75.2 cm³/mol. The minimum Gasteiger partial charge on any atom is -0.380 e. The van der Waals surface area contributed by atoms with Gasteiger partial charge in [-0.25, -0.2) is 4.98 Å². The van der Waals surface area contributed by atoms with E-state index in [4.69, 9.17) is 4.74 Å². The number of hydrogen-bond donors (Lipinski definition) is 1. The van der Waals surface area contributed by atoms with Crippen LogP contribution in [0, 0.1) is 0 Å². The summed E-state index contributed by atoms with van der Waals surface area (Å²) in [6, 6.07) is 2.40. The summed E-state index contributed by atoms with van der Waals surface area (Å²) >= 11 is 0. The van der Waals surface area contributed by atoms with Crippen LogP contribution in [-0.4, -0.2) is 51.0 Å². The Morgan fingerprint density at radius 2 is 2.35 bits per heavy atom. The minimum absolute atomic E-state index is 0.289. The van der Waals surface area contributed by atoms with Crippen molar-refractivity contribution >= 4 is 0 Å². The molecule has 20 heavy (non-hydrogen) atoms. The highest BCUT2D eigenvalue weighted by molar-refractivity contribution is 5.04. The number of aromatic nitrogens is 4. The molecular weight excluding hydrogens is 254 g/mol. The van der Waals surface area contributed by atoms with Crippen LogP contribution in [0.5, 0.6) is 0 Å². The number of nitrogens with one attached hydrogen (secondary N) is 1. The number of ether oxygens (including phenoxy) is 1. The van der Waals surface area contributed by atoms with Crippen LogP contribution in [0.4, 0.5) is 0 Å². The third kappa shape index (κ3) is 2.62. The molecule has 3 heterocycles. The van der Waals surface area contributed by atoms with E-state index < -0.39 is 0 Å². The van der Waals surface area contributed by atoms with E-state index >= 15 is 0 Å². The Morgan fingerprint density at radius 3 is 3.00 bits per heavy atom. The first kappa shape index (κ1) is 13.3. The molecule has 2 atom stereocenters. The van der Waals surface area contributed by atoms with Crippen LogP contribution >= 0.6 is 0 Å². The Labute approximate surface area is 118 Å². The molecule has 1 saturated heterocycles. The van der Waals surface area contributed by atoms with Crippen LogP contribution in [0.2, 0.25) is 0 Å². The first-order valence-corrected chi connectivity index (χ1v) is 7.01. The normalized spacial score (nSPS) is 23.5. The molecule has 6 heteroatoms. The van der Waals surface area contributed by atoms with Gasteiger partial charge in [0.15, 0.2) is 0 Å². The fourth-order valence-electron chi connectivity index (χ4n) is 2.93. The first-order valence-electron chi connectivity index (χ1n) is 7.01. The molecule has 2 aromatic heterocycles. The predicted octanol–water partition coefficient (Wildman–Crippen LogP) is 1.15. The monoisotopic (exact) mass is 275 g/mol. The number of hydrogen-bond acceptors (Lipinski definition) is 4. The van der Waals surface area contributed by atoms with E-state index in [1.807, 2.05) is 30.3 Å². The summed E-state index contributed by atoms with van der Waals surface area (Å²) in [5.74, 6) is 1.04. The van der Waals surface area contributed by atoms with Crippen LogP contribution < -0.4 is 0 Å². The van der Waals surface area contributed by atoms with Crippen molar-refractivity contribution in [2.75, 3.05) is 20.2 Å². The summed E-state index contributed by atoms with van der Waals surface area (Å²) in [5, 5.41) is 4.22. The summed E-state index contributed by atoms with van der Waals surface area (Å²) in [6.45, 7) is 1.95. The lowest BCUT2D eigenvalue weighted by Gasteiger charge is -2.22. The smallest absolute Gasteiger partial charge is 0.123 e. The molecule has 0 radical (unpaired) electrons. The highest BCUT2D eigenvalue weighted by Crippen LogP contribution is 2.31. The summed E-state index contributed by atoms with van der Waals surface area (Å²) in [4.78, 5) is 10.1. The zero-order valence-corrected chi connectivity index (χ0v) is 12.0. The molecule has 6 nitrogen and oxygen atoms in total. The molecule has 0 bridgehead atoms. The van der Waals surface area contributed by atoms with Crippen LogP contribution in [-0.2, 0) is 18.2 Å². The second-order valence-corrected chi connectivity index (χ2v) is 5.27. The molecular formula is C14H21N5O. The highest BCUT2D eigenvalue weighted by atomic mass is 16.5. The number of methoxy groups -OCH3 is 1. The number of H-pyrrole nitrogens is 1. The van der Waals surface area contributed by atoms with Gasteiger partial charge in [-0.1, -0.05) is 0 Å². The van der Waals surface area contributed by atoms with Gasteiger partial charge >= 0.3 is 0 Å². The third-order valence-corrected chi connectivity index (χ3v) is 4.11. The molecule has 3 rings (SSSR count). The fraction of sp³-hybridized carbons (Fsp3) is 0.571. The van der Waals surface area contributed by atoms with E-state index in [0.29, 0.717) is 6.04 Å². The number of aromatic amines is 1. The third-order valence-electron chi connectivity index (χ3n) is 4.11. The maximum atomic E-state index is 5.53. The Kier molecular flexibility index (Phi) is 3.84. The van der Waals surface area contributed by atoms with Gasteiger partial charge in [0.25, 0.3) is 0 Å². The molecule has 2 aromatic rings. The average Bonchev–Trinajstić information content (AvgIpc) is 3.16. The SMILES string of the molecule is CO[C@@H]1CC(c2ncc[nH]2)N(CCc2ccnn2C)C1. The van der Waals surface area contributed by atoms with Gasteiger partial charge in [-0.15, -0.1) is 0 Å². The van der Waals surface area contributed by atoms with Crippen LogP contribution in [0.25, 0.3) is 0 Å². The second-order valence-electron chi connectivity index (χ2n) is 5.27. The lowest BCUT2D eigenvalue weighted by molar-refractivity contribution is 0.108. The van der Waals surface area contributed by atoms with Gasteiger partial charge in [-0.2, -0.15) is 5.10 Å². The molecule has 1 aliphatic rings. The number of aryl methyl sites for hydroxylation is 1. The van der Waals surface area contributed by atoms with Gasteiger partial charge in [0.2, 0.25) is 0 Å². The van der Waals surface area contributed by atoms with E-state index in [9.17, 15) is 0 Å². The molecule has 0 aromatic carbocycles. The van der Waals surface area contributed by atoms with E-state index in [-0.39, 0.29) is 6.10 Å². The lowest BCUT2D eigenvalue weighted by Crippen LogP contribution is -2.28. The van der Waals surface area contributed by atoms with Crippen molar-refractivity contribution in [1.82, 2.24) is 24.6 Å². The second kappa shape index (κ2) is 5.76. The zero-order valence-electron chi connectivity index (χ0n) is 12.0. The van der Waals surface area contributed by atoms with Gasteiger partial charge in [-0.05, 0) is 12.5 Å². The number of likely N-dealkylation sites (tertiary alicyclic amines) is 1. The molecule has 1 unspecified atom stereocenters. The summed E-state index contributed by atoms with van der Waals surface area (Å²) in [6.07, 6.45) is 7.82. The molecule has 1 fully saturated rings. The van der Waals surface area contributed by atoms with Gasteiger partial charge in [0, 0.05) is 58.0 Å². The van der Waals surface area contributed by atoms with Gasteiger partial charge < -0.3 is 9.72 Å². The van der Waals surface area contributed by atoms with Crippen molar-refractivity contribution in [2.24, 2.45) is 7.05 Å². The van der Waals surface area contributed by atoms with E-state index in [2.05, 4.69) is 26.0 Å². The Morgan fingerprint density at radius 1 is 1.45 bits per heavy atom. The van der Waals surface area contributed by atoms with E-state index in [1.165, 1.54) is 5.69 Å². The molecule has 0 saturated carbocycles. The Hall–Kier alpha value is -1.66. The molecule has 0 spiro atoms. The van der Waals surface area contributed by atoms with E-state index in [0.717, 1.165) is 31.8 Å².